The number of furan rings is 2. The van der Waals surface area contributed by atoms with Crippen LogP contribution in [-0.4, -0.2) is 4.57 Å². The monoisotopic (exact) mass is 904 g/mol. The maximum absolute atomic E-state index is 6.97. The van der Waals surface area contributed by atoms with E-state index in [9.17, 15) is 0 Å². The maximum Gasteiger partial charge on any atom is 0.159 e. The lowest BCUT2D eigenvalue weighted by Crippen LogP contribution is -2.26. The van der Waals surface area contributed by atoms with E-state index in [1.165, 1.54) is 66.3 Å². The largest absolute Gasteiger partial charge is 0.456 e. The van der Waals surface area contributed by atoms with E-state index in [0.717, 1.165) is 77.8 Å². The summed E-state index contributed by atoms with van der Waals surface area (Å²) < 4.78 is 16.2. The second kappa shape index (κ2) is 14.3. The average Bonchev–Trinajstić information content (AvgIpc) is 4.24. The SMILES string of the molecule is c1ccc(-n2c3ccccc3c3cc(-c4ccc5oc6cccc(N(c7cccc8c7-c7ccccc7C87c8ccccc8-c8ccccc87)c7cccc8c7oc7ccccc78)c6c5c4)ccc32)cc1. The molecule has 11 aromatic carbocycles. The van der Waals surface area contributed by atoms with Crippen molar-refractivity contribution in [3.63, 3.8) is 0 Å². The Hall–Kier alpha value is -9.38. The number of aromatic nitrogens is 1. The van der Waals surface area contributed by atoms with Gasteiger partial charge in [-0.2, -0.15) is 0 Å². The number of hydrogen-bond acceptors (Lipinski definition) is 3. The van der Waals surface area contributed by atoms with E-state index >= 15 is 0 Å². The molecule has 3 aromatic heterocycles. The highest BCUT2D eigenvalue weighted by Gasteiger charge is 2.52. The normalized spacial score (nSPS) is 13.2. The zero-order valence-corrected chi connectivity index (χ0v) is 38.3. The van der Waals surface area contributed by atoms with Crippen molar-refractivity contribution in [1.29, 1.82) is 0 Å². The Morgan fingerprint density at radius 3 is 1.70 bits per heavy atom. The molecule has 0 saturated carbocycles. The molecular weight excluding hydrogens is 865 g/mol. The molecule has 0 N–H and O–H groups in total. The van der Waals surface area contributed by atoms with Gasteiger partial charge in [0.1, 0.15) is 16.7 Å². The first-order chi connectivity index (χ1) is 35.2. The smallest absolute Gasteiger partial charge is 0.159 e. The predicted molar refractivity (Wildman–Crippen MR) is 292 cm³/mol. The van der Waals surface area contributed by atoms with E-state index in [4.69, 9.17) is 8.83 Å². The lowest BCUT2D eigenvalue weighted by molar-refractivity contribution is 0.668. The summed E-state index contributed by atoms with van der Waals surface area (Å²) in [6.07, 6.45) is 0. The summed E-state index contributed by atoms with van der Waals surface area (Å²) in [7, 11) is 0. The van der Waals surface area contributed by atoms with Crippen molar-refractivity contribution in [2.75, 3.05) is 4.90 Å². The van der Waals surface area contributed by atoms with Crippen LogP contribution in [0.5, 0.6) is 0 Å². The Bertz CT molecular complexity index is 4500. The molecule has 0 radical (unpaired) electrons. The molecule has 330 valence electrons. The molecule has 0 bridgehead atoms. The summed E-state index contributed by atoms with van der Waals surface area (Å²) in [5.74, 6) is 0. The Labute approximate surface area is 408 Å². The van der Waals surface area contributed by atoms with Gasteiger partial charge in [0.15, 0.2) is 5.58 Å². The van der Waals surface area contributed by atoms with E-state index in [1.54, 1.807) is 0 Å². The second-order valence-corrected chi connectivity index (χ2v) is 19.1. The van der Waals surface area contributed by atoms with Crippen LogP contribution in [0.25, 0.3) is 105 Å². The third-order valence-corrected chi connectivity index (χ3v) is 15.6. The van der Waals surface area contributed by atoms with Crippen LogP contribution < -0.4 is 4.90 Å². The molecule has 1 spiro atoms. The number of hydrogen-bond donors (Lipinski definition) is 0. The van der Waals surface area contributed by atoms with Crippen molar-refractivity contribution in [2.45, 2.75) is 5.41 Å². The van der Waals surface area contributed by atoms with Gasteiger partial charge < -0.3 is 18.3 Å². The van der Waals surface area contributed by atoms with Crippen LogP contribution in [0.2, 0.25) is 0 Å². The Morgan fingerprint density at radius 2 is 0.887 bits per heavy atom. The number of fused-ring (bicyclic) bond motifs is 19. The van der Waals surface area contributed by atoms with Gasteiger partial charge in [0.05, 0.1) is 38.9 Å². The van der Waals surface area contributed by atoms with Gasteiger partial charge in [-0.05, 0) is 123 Å². The van der Waals surface area contributed by atoms with Crippen molar-refractivity contribution < 1.29 is 8.83 Å². The van der Waals surface area contributed by atoms with E-state index < -0.39 is 5.41 Å². The second-order valence-electron chi connectivity index (χ2n) is 19.1. The molecule has 0 atom stereocenters. The maximum atomic E-state index is 6.97. The fourth-order valence-corrected chi connectivity index (χ4v) is 12.8. The first-order valence-electron chi connectivity index (χ1n) is 24.4. The van der Waals surface area contributed by atoms with Gasteiger partial charge >= 0.3 is 0 Å². The van der Waals surface area contributed by atoms with Gasteiger partial charge in [0, 0.05) is 38.2 Å². The lowest BCUT2D eigenvalue weighted by Gasteiger charge is -2.32. The molecule has 0 amide bonds. The van der Waals surface area contributed by atoms with Gasteiger partial charge in [0.25, 0.3) is 0 Å². The molecule has 0 fully saturated rings. The molecule has 4 heteroatoms. The molecule has 4 nitrogen and oxygen atoms in total. The van der Waals surface area contributed by atoms with Gasteiger partial charge in [0.2, 0.25) is 0 Å². The number of rotatable bonds is 5. The third kappa shape index (κ3) is 5.12. The van der Waals surface area contributed by atoms with Gasteiger partial charge in [-0.25, -0.2) is 0 Å². The zero-order valence-electron chi connectivity index (χ0n) is 38.3. The topological polar surface area (TPSA) is 34.5 Å². The summed E-state index contributed by atoms with van der Waals surface area (Å²) in [6.45, 7) is 0. The van der Waals surface area contributed by atoms with E-state index in [2.05, 4.69) is 252 Å². The van der Waals surface area contributed by atoms with Crippen LogP contribution in [0.1, 0.15) is 22.3 Å². The highest BCUT2D eigenvalue weighted by molar-refractivity contribution is 6.18. The van der Waals surface area contributed by atoms with Crippen LogP contribution in [0, 0.1) is 0 Å². The number of nitrogens with zero attached hydrogens (tertiary/aromatic N) is 2. The van der Waals surface area contributed by atoms with Crippen molar-refractivity contribution in [3.8, 4) is 39.1 Å². The fraction of sp³-hybridized carbons (Fsp3) is 0.0149. The number of benzene rings is 11. The minimum Gasteiger partial charge on any atom is -0.456 e. The van der Waals surface area contributed by atoms with E-state index in [-0.39, 0.29) is 0 Å². The van der Waals surface area contributed by atoms with Gasteiger partial charge in [-0.15, -0.1) is 0 Å². The first-order valence-corrected chi connectivity index (χ1v) is 24.4. The molecule has 71 heavy (non-hydrogen) atoms. The average molecular weight is 905 g/mol. The van der Waals surface area contributed by atoms with Crippen molar-refractivity contribution >= 4 is 82.7 Å². The first kappa shape index (κ1) is 38.6. The molecule has 16 rings (SSSR count). The quantitative estimate of drug-likeness (QED) is 0.173. The van der Waals surface area contributed by atoms with E-state index in [1.807, 2.05) is 0 Å². The molecule has 0 unspecified atom stereocenters. The summed E-state index contributed by atoms with van der Waals surface area (Å²) in [4.78, 5) is 2.46. The minimum atomic E-state index is -0.510. The molecule has 0 saturated heterocycles. The zero-order chi connectivity index (χ0) is 46.4. The van der Waals surface area contributed by atoms with Crippen molar-refractivity contribution in [2.24, 2.45) is 0 Å². The molecule has 2 aliphatic carbocycles. The molecular formula is C67H40N2O2. The highest BCUT2D eigenvalue weighted by atomic mass is 16.3. The molecule has 2 aliphatic rings. The van der Waals surface area contributed by atoms with Crippen molar-refractivity contribution in [3.05, 3.63) is 265 Å². The summed E-state index contributed by atoms with van der Waals surface area (Å²) in [5.41, 5.74) is 21.8. The lowest BCUT2D eigenvalue weighted by atomic mass is 9.70. The molecule has 0 aliphatic heterocycles. The third-order valence-electron chi connectivity index (χ3n) is 15.6. The highest BCUT2D eigenvalue weighted by Crippen LogP contribution is 2.65. The van der Waals surface area contributed by atoms with Crippen LogP contribution >= 0.6 is 0 Å². The van der Waals surface area contributed by atoms with Gasteiger partial charge in [-0.1, -0.05) is 170 Å². The summed E-state index contributed by atoms with van der Waals surface area (Å²) in [6, 6.07) is 88.4. The van der Waals surface area contributed by atoms with Crippen molar-refractivity contribution in [1.82, 2.24) is 4.57 Å². The Kier molecular flexibility index (Phi) is 7.79. The standard InChI is InChI=1S/C67H40N2O2/c1-2-17-43(18-3-1)68-56-29-12-7-21-46(56)50-39-41(35-37-57(50)68)42-36-38-62-51(40-42)65-59(31-16-34-63(65)70-62)69(60-32-14-24-48-47-22-8-13-33-61(47)71-66(48)60)58-30-15-28-55-64(58)49-23-6-11-27-54(49)67(55)52-25-9-4-19-44(52)45-20-5-10-26-53(45)67/h1-40H. The fourth-order valence-electron chi connectivity index (χ4n) is 12.8. The number of anilines is 3. The number of para-hydroxylation sites is 4. The van der Waals surface area contributed by atoms with Gasteiger partial charge in [-0.3, -0.25) is 0 Å². The van der Waals surface area contributed by atoms with Crippen LogP contribution in [0.3, 0.4) is 0 Å². The molecule has 3 heterocycles. The predicted octanol–water partition coefficient (Wildman–Crippen LogP) is 18.1. The van der Waals surface area contributed by atoms with E-state index in [0.29, 0.717) is 0 Å². The summed E-state index contributed by atoms with van der Waals surface area (Å²) >= 11 is 0. The Balaban J connectivity index is 0.968. The van der Waals surface area contributed by atoms with Crippen LogP contribution in [0.15, 0.2) is 251 Å². The Morgan fingerprint density at radius 1 is 0.338 bits per heavy atom. The minimum absolute atomic E-state index is 0.510. The van der Waals surface area contributed by atoms with Crippen LogP contribution in [0.4, 0.5) is 17.1 Å². The summed E-state index contributed by atoms with van der Waals surface area (Å²) in [5, 5.41) is 6.69. The molecule has 14 aromatic rings. The van der Waals surface area contributed by atoms with Crippen LogP contribution in [-0.2, 0) is 5.41 Å².